The number of rotatable bonds is 18. The summed E-state index contributed by atoms with van der Waals surface area (Å²) in [7, 11) is 1.28. The Morgan fingerprint density at radius 2 is 1.81 bits per heavy atom. The summed E-state index contributed by atoms with van der Waals surface area (Å²) in [4.78, 5) is 42.7. The van der Waals surface area contributed by atoms with Crippen molar-refractivity contribution >= 4 is 23.3 Å². The van der Waals surface area contributed by atoms with Crippen molar-refractivity contribution in [2.75, 3.05) is 33.5 Å². The zero-order valence-electron chi connectivity index (χ0n) is 28.3. The molecule has 2 heterocycles. The van der Waals surface area contributed by atoms with Gasteiger partial charge in [-0.25, -0.2) is 4.79 Å². The number of nitrogens with zero attached hydrogens (tertiary/aromatic N) is 2. The molecule has 1 saturated heterocycles. The van der Waals surface area contributed by atoms with Crippen LogP contribution in [0.3, 0.4) is 0 Å². The predicted octanol–water partition coefficient (Wildman–Crippen LogP) is 7.26. The molecule has 11 heteroatoms. The van der Waals surface area contributed by atoms with Gasteiger partial charge in [0.05, 0.1) is 36.5 Å². The Balaban J connectivity index is 1.33. The highest BCUT2D eigenvalue weighted by atomic mass is 16.7. The monoisotopic (exact) mass is 664 g/mol. The minimum Gasteiger partial charge on any atom is -0.493 e. The van der Waals surface area contributed by atoms with Crippen LogP contribution < -0.4 is 4.74 Å². The third-order valence-corrected chi connectivity index (χ3v) is 8.57. The van der Waals surface area contributed by atoms with E-state index in [1.54, 1.807) is 12.1 Å². The molecule has 0 amide bonds. The molecular weight excluding hydrogens is 616 g/mol. The lowest BCUT2D eigenvalue weighted by atomic mass is 9.74. The van der Waals surface area contributed by atoms with E-state index < -0.39 is 28.7 Å². The van der Waals surface area contributed by atoms with Crippen LogP contribution in [-0.4, -0.2) is 62.4 Å². The Morgan fingerprint density at radius 3 is 2.50 bits per heavy atom. The van der Waals surface area contributed by atoms with Crippen LogP contribution in [0.25, 0.3) is 0 Å². The number of carbonyl (C=O) groups excluding carboxylic acids is 2. The Bertz CT molecular complexity index is 1430. The van der Waals surface area contributed by atoms with Gasteiger partial charge in [0.15, 0.2) is 6.29 Å². The number of esters is 2. The van der Waals surface area contributed by atoms with Crippen LogP contribution in [0.2, 0.25) is 0 Å². The van der Waals surface area contributed by atoms with Gasteiger partial charge in [-0.2, -0.15) is 0 Å². The first-order valence-corrected chi connectivity index (χ1v) is 17.1. The smallest absolute Gasteiger partial charge is 0.336 e. The van der Waals surface area contributed by atoms with Gasteiger partial charge in [-0.3, -0.25) is 19.9 Å². The van der Waals surface area contributed by atoms with E-state index >= 15 is 0 Å². The summed E-state index contributed by atoms with van der Waals surface area (Å²) in [6.07, 6.45) is 8.28. The van der Waals surface area contributed by atoms with E-state index in [1.165, 1.54) is 31.2 Å². The Hall–Kier alpha value is -4.09. The lowest BCUT2D eigenvalue weighted by molar-refractivity contribution is -0.384. The van der Waals surface area contributed by atoms with Gasteiger partial charge in [0, 0.05) is 43.4 Å². The number of aryl methyl sites for hydroxylation is 1. The Labute approximate surface area is 282 Å². The van der Waals surface area contributed by atoms with E-state index in [0.29, 0.717) is 55.9 Å². The third kappa shape index (κ3) is 10.2. The normalized spacial score (nSPS) is 19.4. The van der Waals surface area contributed by atoms with Crippen molar-refractivity contribution in [3.05, 3.63) is 81.0 Å². The number of ether oxygens (including phenoxy) is 5. The van der Waals surface area contributed by atoms with Gasteiger partial charge < -0.3 is 23.7 Å². The van der Waals surface area contributed by atoms with Crippen LogP contribution in [0.1, 0.15) is 88.7 Å². The summed E-state index contributed by atoms with van der Waals surface area (Å²) in [5.74, 6) is -2.20. The van der Waals surface area contributed by atoms with E-state index in [4.69, 9.17) is 28.7 Å². The molecule has 2 aliphatic heterocycles. The van der Waals surface area contributed by atoms with Crippen molar-refractivity contribution in [3.63, 3.8) is 0 Å². The summed E-state index contributed by atoms with van der Waals surface area (Å²) in [5, 5.41) is 11.6. The van der Waals surface area contributed by atoms with Gasteiger partial charge in [0.1, 0.15) is 11.7 Å². The lowest BCUT2D eigenvalue weighted by Gasteiger charge is -2.32. The first-order chi connectivity index (χ1) is 23.4. The Morgan fingerprint density at radius 1 is 1.00 bits per heavy atom. The van der Waals surface area contributed by atoms with Crippen LogP contribution >= 0.6 is 0 Å². The number of nitro benzene ring substituents is 1. The first kappa shape index (κ1) is 36.7. The summed E-state index contributed by atoms with van der Waals surface area (Å²) < 4.78 is 28.2. The van der Waals surface area contributed by atoms with E-state index in [-0.39, 0.29) is 24.2 Å². The van der Waals surface area contributed by atoms with Gasteiger partial charge in [0.2, 0.25) is 0 Å². The molecule has 0 radical (unpaired) electrons. The molecule has 2 aromatic rings. The zero-order valence-corrected chi connectivity index (χ0v) is 28.3. The quantitative estimate of drug-likeness (QED) is 0.0698. The number of non-ortho nitro benzene ring substituents is 1. The summed E-state index contributed by atoms with van der Waals surface area (Å²) in [5.41, 5.74) is 2.87. The zero-order chi connectivity index (χ0) is 34.3. The fourth-order valence-electron chi connectivity index (χ4n) is 6.14. The molecule has 3 atom stereocenters. The van der Waals surface area contributed by atoms with Gasteiger partial charge in [-0.05, 0) is 74.6 Å². The number of carbonyl (C=O) groups is 2. The van der Waals surface area contributed by atoms with E-state index in [9.17, 15) is 19.7 Å². The third-order valence-electron chi connectivity index (χ3n) is 8.57. The number of hydrogen-bond acceptors (Lipinski definition) is 10. The second kappa shape index (κ2) is 19.0. The standard InChI is InChI=1S/C37H48N2O9/c1-4-12-31-35(33(27-14-10-15-28(25-27)39(42)43)34(36(40)44-3)30(5-2)38-31)37(41)48-24-11-23-45-29-19-17-26(18-20-29)13-6-8-21-46-32-16-7-9-22-47-32/h10,14-15,17-20,25,32-34H,4-9,11-13,16,21-24H2,1-3H3. The highest BCUT2D eigenvalue weighted by Gasteiger charge is 2.44. The number of nitro groups is 1. The van der Waals surface area contributed by atoms with E-state index in [0.717, 1.165) is 44.5 Å². The lowest BCUT2D eigenvalue weighted by Crippen LogP contribution is -2.37. The van der Waals surface area contributed by atoms with Gasteiger partial charge in [-0.15, -0.1) is 0 Å². The summed E-state index contributed by atoms with van der Waals surface area (Å²) in [6, 6.07) is 14.0. The Kier molecular flexibility index (Phi) is 14.6. The van der Waals surface area contributed by atoms with E-state index in [1.807, 2.05) is 26.0 Å². The number of allylic oxidation sites excluding steroid dienone is 1. The number of unbranched alkanes of at least 4 members (excludes halogenated alkanes) is 1. The van der Waals surface area contributed by atoms with Crippen molar-refractivity contribution in [1.29, 1.82) is 0 Å². The van der Waals surface area contributed by atoms with Crippen molar-refractivity contribution in [3.8, 4) is 5.75 Å². The molecule has 3 unspecified atom stereocenters. The molecule has 0 spiro atoms. The average Bonchev–Trinajstić information content (AvgIpc) is 3.11. The fraction of sp³-hybridized carbons (Fsp3) is 0.541. The summed E-state index contributed by atoms with van der Waals surface area (Å²) >= 11 is 0. The minimum atomic E-state index is -0.916. The number of methoxy groups -OCH3 is 1. The van der Waals surface area contributed by atoms with Crippen LogP contribution in [0.5, 0.6) is 5.75 Å². The second-order valence-electron chi connectivity index (χ2n) is 12.0. The molecule has 11 nitrogen and oxygen atoms in total. The maximum Gasteiger partial charge on any atom is 0.336 e. The fourth-order valence-corrected chi connectivity index (χ4v) is 6.14. The molecular formula is C37H48N2O9. The average molecular weight is 665 g/mol. The number of hydrogen-bond donors (Lipinski definition) is 0. The SMILES string of the molecule is CCCC1=C(C(=O)OCCCOc2ccc(CCCCOC3CCCCO3)cc2)C(c2cccc([N+](=O)[O-])c2)C(C(=O)OC)C(CC)=N1. The highest BCUT2D eigenvalue weighted by molar-refractivity contribution is 6.07. The van der Waals surface area contributed by atoms with Crippen LogP contribution in [-0.2, 0) is 35.0 Å². The largest absolute Gasteiger partial charge is 0.493 e. The van der Waals surface area contributed by atoms with Gasteiger partial charge in [0.25, 0.3) is 5.69 Å². The molecule has 48 heavy (non-hydrogen) atoms. The van der Waals surface area contributed by atoms with Crippen LogP contribution in [0.4, 0.5) is 5.69 Å². The molecule has 260 valence electrons. The minimum absolute atomic E-state index is 0.0407. The van der Waals surface area contributed by atoms with Crippen molar-refractivity contribution < 1.29 is 38.2 Å². The molecule has 0 aliphatic carbocycles. The van der Waals surface area contributed by atoms with Crippen molar-refractivity contribution in [1.82, 2.24) is 0 Å². The molecule has 2 aromatic carbocycles. The van der Waals surface area contributed by atoms with Crippen molar-refractivity contribution in [2.24, 2.45) is 10.9 Å². The van der Waals surface area contributed by atoms with E-state index in [2.05, 4.69) is 12.1 Å². The topological polar surface area (TPSA) is 136 Å². The number of benzene rings is 2. The molecule has 1 fully saturated rings. The highest BCUT2D eigenvalue weighted by Crippen LogP contribution is 2.42. The van der Waals surface area contributed by atoms with Crippen molar-refractivity contribution in [2.45, 2.75) is 90.3 Å². The van der Waals surface area contributed by atoms with Gasteiger partial charge in [-0.1, -0.05) is 44.5 Å². The van der Waals surface area contributed by atoms with Gasteiger partial charge >= 0.3 is 11.9 Å². The maximum atomic E-state index is 13.7. The molecule has 0 aromatic heterocycles. The molecule has 0 N–H and O–H groups in total. The van der Waals surface area contributed by atoms with Crippen LogP contribution in [0, 0.1) is 16.0 Å². The van der Waals surface area contributed by atoms with Crippen LogP contribution in [0.15, 0.2) is 64.8 Å². The predicted molar refractivity (Wildman–Crippen MR) is 181 cm³/mol. The molecule has 0 saturated carbocycles. The number of aliphatic imine (C=N–C) groups is 1. The molecule has 0 bridgehead atoms. The second-order valence-corrected chi connectivity index (χ2v) is 12.0. The molecule has 4 rings (SSSR count). The summed E-state index contributed by atoms with van der Waals surface area (Å²) in [6.45, 7) is 5.78. The maximum absolute atomic E-state index is 13.7. The first-order valence-electron chi connectivity index (χ1n) is 17.1. The molecule has 2 aliphatic rings.